The summed E-state index contributed by atoms with van der Waals surface area (Å²) in [6.45, 7) is 4.52. The van der Waals surface area contributed by atoms with E-state index in [9.17, 15) is 9.59 Å². The van der Waals surface area contributed by atoms with Crippen LogP contribution >= 0.6 is 0 Å². The van der Waals surface area contributed by atoms with Crippen molar-refractivity contribution in [2.45, 2.75) is 64.6 Å². The van der Waals surface area contributed by atoms with E-state index in [1.54, 1.807) is 13.0 Å². The number of rotatable bonds is 5. The molecule has 1 heterocycles. The third kappa shape index (κ3) is 3.04. The molecule has 2 atom stereocenters. The molecule has 0 unspecified atom stereocenters. The van der Waals surface area contributed by atoms with E-state index in [0.29, 0.717) is 0 Å². The van der Waals surface area contributed by atoms with Crippen molar-refractivity contribution in [2.75, 3.05) is 6.61 Å². The summed E-state index contributed by atoms with van der Waals surface area (Å²) in [6, 6.07) is 3.26. The highest BCUT2D eigenvalue weighted by atomic mass is 16.5. The number of aromatic nitrogens is 2. The minimum Gasteiger partial charge on any atom is -0.378 e. The fraction of sp³-hybridized carbons (Fsp3) is 0.706. The van der Waals surface area contributed by atoms with E-state index >= 15 is 0 Å². The molecule has 1 spiro atoms. The van der Waals surface area contributed by atoms with Crippen LogP contribution < -0.4 is 10.9 Å². The summed E-state index contributed by atoms with van der Waals surface area (Å²) >= 11 is 0. The van der Waals surface area contributed by atoms with Crippen LogP contribution in [0.25, 0.3) is 0 Å². The van der Waals surface area contributed by atoms with Crippen LogP contribution in [0, 0.1) is 12.3 Å². The average Bonchev–Trinajstić information content (AvgIpc) is 3.03. The van der Waals surface area contributed by atoms with Gasteiger partial charge in [-0.2, -0.15) is 5.10 Å². The predicted octanol–water partition coefficient (Wildman–Crippen LogP) is 1.41. The fourth-order valence-electron chi connectivity index (χ4n) is 4.13. The second-order valence-electron chi connectivity index (χ2n) is 6.71. The van der Waals surface area contributed by atoms with Crippen LogP contribution in [0.3, 0.4) is 0 Å². The highest BCUT2D eigenvalue weighted by Crippen LogP contribution is 2.54. The Hall–Kier alpha value is -1.69. The standard InChI is InChI=1S/C17H25N3O3/c1-3-23-14-10-13(17(14)8-4-5-9-17)18-15(21)11-20-16(22)7-6-12(2)19-20/h6-7,13-14H,3-5,8-11H2,1-2H3,(H,18,21)/t13-,14+/m1/s1. The highest BCUT2D eigenvalue weighted by Gasteiger charge is 2.57. The Morgan fingerprint density at radius 1 is 1.43 bits per heavy atom. The molecule has 2 fully saturated rings. The minimum atomic E-state index is -0.248. The zero-order chi connectivity index (χ0) is 16.4. The number of hydrogen-bond acceptors (Lipinski definition) is 4. The van der Waals surface area contributed by atoms with Crippen molar-refractivity contribution < 1.29 is 9.53 Å². The van der Waals surface area contributed by atoms with Gasteiger partial charge < -0.3 is 10.1 Å². The smallest absolute Gasteiger partial charge is 0.267 e. The summed E-state index contributed by atoms with van der Waals surface area (Å²) in [4.78, 5) is 24.1. The Kier molecular flexibility index (Phi) is 4.53. The van der Waals surface area contributed by atoms with E-state index in [2.05, 4.69) is 10.4 Å². The van der Waals surface area contributed by atoms with Crippen LogP contribution in [0.5, 0.6) is 0 Å². The first-order chi connectivity index (χ1) is 11.0. The van der Waals surface area contributed by atoms with Gasteiger partial charge in [-0.15, -0.1) is 0 Å². The van der Waals surface area contributed by atoms with Gasteiger partial charge in [0.25, 0.3) is 5.56 Å². The second kappa shape index (κ2) is 6.43. The van der Waals surface area contributed by atoms with Crippen molar-refractivity contribution in [3.63, 3.8) is 0 Å². The summed E-state index contributed by atoms with van der Waals surface area (Å²) in [7, 11) is 0. The molecule has 3 rings (SSSR count). The van der Waals surface area contributed by atoms with E-state index in [0.717, 1.165) is 31.6 Å². The highest BCUT2D eigenvalue weighted by molar-refractivity contribution is 5.76. The van der Waals surface area contributed by atoms with Crippen molar-refractivity contribution in [1.82, 2.24) is 15.1 Å². The Balaban J connectivity index is 1.64. The SMILES string of the molecule is CCO[C@H]1C[C@@H](NC(=O)Cn2nc(C)ccc2=O)C12CCCC2. The van der Waals surface area contributed by atoms with Crippen molar-refractivity contribution in [1.29, 1.82) is 0 Å². The van der Waals surface area contributed by atoms with E-state index in [1.165, 1.54) is 23.6 Å². The monoisotopic (exact) mass is 319 g/mol. The van der Waals surface area contributed by atoms with Crippen molar-refractivity contribution in [2.24, 2.45) is 5.41 Å². The van der Waals surface area contributed by atoms with Crippen LogP contribution in [0.15, 0.2) is 16.9 Å². The predicted molar refractivity (Wildman–Crippen MR) is 86.1 cm³/mol. The molecule has 2 aliphatic rings. The minimum absolute atomic E-state index is 0.0214. The van der Waals surface area contributed by atoms with Crippen LogP contribution in [0.1, 0.15) is 44.7 Å². The van der Waals surface area contributed by atoms with Gasteiger partial charge in [0.15, 0.2) is 0 Å². The molecule has 6 nitrogen and oxygen atoms in total. The van der Waals surface area contributed by atoms with Gasteiger partial charge in [0.1, 0.15) is 6.54 Å². The molecule has 126 valence electrons. The quantitative estimate of drug-likeness (QED) is 0.890. The zero-order valence-electron chi connectivity index (χ0n) is 13.9. The molecule has 0 radical (unpaired) electrons. The van der Waals surface area contributed by atoms with Crippen LogP contribution in [-0.4, -0.2) is 34.4 Å². The van der Waals surface area contributed by atoms with Gasteiger partial charge >= 0.3 is 0 Å². The summed E-state index contributed by atoms with van der Waals surface area (Å²) in [5.41, 5.74) is 0.586. The van der Waals surface area contributed by atoms with Crippen LogP contribution in [0.4, 0.5) is 0 Å². The lowest BCUT2D eigenvalue weighted by Crippen LogP contribution is -2.64. The van der Waals surface area contributed by atoms with Gasteiger partial charge in [-0.25, -0.2) is 4.68 Å². The summed E-state index contributed by atoms with van der Waals surface area (Å²) in [5, 5.41) is 7.23. The van der Waals surface area contributed by atoms with Gasteiger partial charge in [0, 0.05) is 24.1 Å². The molecular formula is C17H25N3O3. The Labute approximate surface area is 136 Å². The number of nitrogens with zero attached hydrogens (tertiary/aromatic N) is 2. The first-order valence-corrected chi connectivity index (χ1v) is 8.51. The maximum Gasteiger partial charge on any atom is 0.267 e. The summed E-state index contributed by atoms with van der Waals surface area (Å²) in [6.07, 6.45) is 5.77. The summed E-state index contributed by atoms with van der Waals surface area (Å²) < 4.78 is 7.09. The second-order valence-corrected chi connectivity index (χ2v) is 6.71. The topological polar surface area (TPSA) is 73.2 Å². The van der Waals surface area contributed by atoms with E-state index in [-0.39, 0.29) is 35.6 Å². The lowest BCUT2D eigenvalue weighted by Gasteiger charge is -2.54. The number of aryl methyl sites for hydroxylation is 1. The molecule has 1 amide bonds. The molecule has 1 aromatic rings. The average molecular weight is 319 g/mol. The van der Waals surface area contributed by atoms with E-state index < -0.39 is 0 Å². The molecule has 2 aliphatic carbocycles. The van der Waals surface area contributed by atoms with Gasteiger partial charge in [-0.1, -0.05) is 12.8 Å². The largest absolute Gasteiger partial charge is 0.378 e. The van der Waals surface area contributed by atoms with E-state index in [1.807, 2.05) is 6.92 Å². The van der Waals surface area contributed by atoms with Crippen molar-refractivity contribution >= 4 is 5.91 Å². The normalized spacial score (nSPS) is 25.3. The molecule has 1 aromatic heterocycles. The maximum atomic E-state index is 12.3. The van der Waals surface area contributed by atoms with Gasteiger partial charge in [-0.05, 0) is 39.2 Å². The molecular weight excluding hydrogens is 294 g/mol. The van der Waals surface area contributed by atoms with Gasteiger partial charge in [0.2, 0.25) is 5.91 Å². The third-order valence-corrected chi connectivity index (χ3v) is 5.32. The van der Waals surface area contributed by atoms with Crippen LogP contribution in [0.2, 0.25) is 0 Å². The Bertz CT molecular complexity index is 634. The zero-order valence-corrected chi connectivity index (χ0v) is 13.9. The third-order valence-electron chi connectivity index (χ3n) is 5.32. The Morgan fingerprint density at radius 3 is 2.87 bits per heavy atom. The number of ether oxygens (including phenoxy) is 1. The first-order valence-electron chi connectivity index (χ1n) is 8.51. The maximum absolute atomic E-state index is 12.3. The molecule has 2 saturated carbocycles. The number of amides is 1. The molecule has 6 heteroatoms. The van der Waals surface area contributed by atoms with E-state index in [4.69, 9.17) is 4.74 Å². The van der Waals surface area contributed by atoms with Crippen molar-refractivity contribution in [3.8, 4) is 0 Å². The lowest BCUT2D eigenvalue weighted by atomic mass is 9.60. The van der Waals surface area contributed by atoms with Gasteiger partial charge in [0.05, 0.1) is 11.8 Å². The molecule has 1 N–H and O–H groups in total. The van der Waals surface area contributed by atoms with Crippen LogP contribution in [-0.2, 0) is 16.1 Å². The number of hydrogen-bond donors (Lipinski definition) is 1. The molecule has 0 bridgehead atoms. The molecule has 0 aromatic carbocycles. The number of carbonyl (C=O) groups is 1. The Morgan fingerprint density at radius 2 is 2.17 bits per heavy atom. The molecule has 23 heavy (non-hydrogen) atoms. The number of nitrogens with one attached hydrogen (secondary N) is 1. The first kappa shape index (κ1) is 16.2. The summed E-state index contributed by atoms with van der Waals surface area (Å²) in [5.74, 6) is -0.142. The van der Waals surface area contributed by atoms with Crippen molar-refractivity contribution in [3.05, 3.63) is 28.2 Å². The molecule has 0 saturated heterocycles. The van der Waals surface area contributed by atoms with Gasteiger partial charge in [-0.3, -0.25) is 9.59 Å². The lowest BCUT2D eigenvalue weighted by molar-refractivity contribution is -0.144. The fourth-order valence-corrected chi connectivity index (χ4v) is 4.13. The molecule has 0 aliphatic heterocycles. The number of carbonyl (C=O) groups excluding carboxylic acids is 1.